The molecule has 1 aliphatic rings. The van der Waals surface area contributed by atoms with Crippen molar-refractivity contribution < 1.29 is 0 Å². The van der Waals surface area contributed by atoms with Crippen molar-refractivity contribution in [2.45, 2.75) is 32.6 Å². The molecule has 5 heteroatoms. The first-order chi connectivity index (χ1) is 10.2. The molecule has 0 aliphatic heterocycles. The van der Waals surface area contributed by atoms with E-state index in [9.17, 15) is 0 Å². The van der Waals surface area contributed by atoms with Gasteiger partial charge >= 0.3 is 0 Å². The van der Waals surface area contributed by atoms with E-state index in [0.717, 1.165) is 23.4 Å². The van der Waals surface area contributed by atoms with Gasteiger partial charge < -0.3 is 5.73 Å². The Bertz CT molecular complexity index is 838. The first-order valence-electron chi connectivity index (χ1n) is 7.24. The number of hydrogen-bond acceptors (Lipinski definition) is 5. The predicted octanol–water partition coefficient (Wildman–Crippen LogP) is 3.52. The van der Waals surface area contributed by atoms with E-state index >= 15 is 0 Å². The van der Waals surface area contributed by atoms with Gasteiger partial charge in [0.25, 0.3) is 0 Å². The van der Waals surface area contributed by atoms with Crippen molar-refractivity contribution in [3.63, 3.8) is 0 Å². The minimum atomic E-state index is 0.521. The Labute approximate surface area is 127 Å². The third-order valence-corrected chi connectivity index (χ3v) is 4.92. The molecule has 106 valence electrons. The number of aromatic nitrogens is 3. The van der Waals surface area contributed by atoms with Crippen LogP contribution in [0.25, 0.3) is 21.5 Å². The van der Waals surface area contributed by atoms with Gasteiger partial charge in [0, 0.05) is 16.6 Å². The first kappa shape index (κ1) is 12.7. The highest BCUT2D eigenvalue weighted by molar-refractivity contribution is 7.18. The molecule has 1 aromatic carbocycles. The van der Waals surface area contributed by atoms with Gasteiger partial charge in [0.1, 0.15) is 0 Å². The Morgan fingerprint density at radius 1 is 1.14 bits per heavy atom. The van der Waals surface area contributed by atoms with Gasteiger partial charge in [-0.1, -0.05) is 29.5 Å². The van der Waals surface area contributed by atoms with Crippen molar-refractivity contribution in [3.8, 4) is 10.6 Å². The van der Waals surface area contributed by atoms with Crippen LogP contribution in [0.3, 0.4) is 0 Å². The molecule has 0 fully saturated rings. The first-order valence-corrected chi connectivity index (χ1v) is 8.06. The summed E-state index contributed by atoms with van der Waals surface area (Å²) in [5.41, 5.74) is 11.9. The molecule has 0 saturated heterocycles. The van der Waals surface area contributed by atoms with Gasteiger partial charge in [-0.25, -0.2) is 0 Å². The van der Waals surface area contributed by atoms with Crippen LogP contribution >= 0.6 is 11.3 Å². The van der Waals surface area contributed by atoms with Gasteiger partial charge in [-0.15, -0.1) is 10.2 Å². The standard InChI is InChI=1S/C16H16N4S/c1-9-5-4-7-11-13(15-19-20-16(17)21-15)10-6-2-3-8-12(10)18-14(9)11/h4-5,7H,2-3,6,8H2,1H3,(H2,17,20). The lowest BCUT2D eigenvalue weighted by Crippen LogP contribution is -2.08. The highest BCUT2D eigenvalue weighted by atomic mass is 32.1. The van der Waals surface area contributed by atoms with Crippen molar-refractivity contribution in [3.05, 3.63) is 35.0 Å². The summed E-state index contributed by atoms with van der Waals surface area (Å²) in [6, 6.07) is 6.34. The summed E-state index contributed by atoms with van der Waals surface area (Å²) in [6.45, 7) is 2.11. The number of pyridine rings is 1. The maximum atomic E-state index is 5.80. The largest absolute Gasteiger partial charge is 0.374 e. The molecule has 0 bridgehead atoms. The number of rotatable bonds is 1. The molecule has 21 heavy (non-hydrogen) atoms. The van der Waals surface area contributed by atoms with Crippen LogP contribution in [0.5, 0.6) is 0 Å². The Hall–Kier alpha value is -2.01. The van der Waals surface area contributed by atoms with Crippen molar-refractivity contribution in [2.24, 2.45) is 0 Å². The van der Waals surface area contributed by atoms with Gasteiger partial charge in [0.2, 0.25) is 5.13 Å². The fraction of sp³-hybridized carbons (Fsp3) is 0.312. The summed E-state index contributed by atoms with van der Waals surface area (Å²) >= 11 is 1.46. The molecular weight excluding hydrogens is 280 g/mol. The molecule has 4 nitrogen and oxygen atoms in total. The predicted molar refractivity (Wildman–Crippen MR) is 86.4 cm³/mol. The van der Waals surface area contributed by atoms with E-state index in [0.29, 0.717) is 5.13 Å². The zero-order valence-corrected chi connectivity index (χ0v) is 12.7. The fourth-order valence-electron chi connectivity index (χ4n) is 3.17. The molecule has 2 aromatic heterocycles. The molecule has 0 spiro atoms. The highest BCUT2D eigenvalue weighted by Crippen LogP contribution is 2.38. The van der Waals surface area contributed by atoms with Crippen LogP contribution in [0.2, 0.25) is 0 Å². The van der Waals surface area contributed by atoms with E-state index in [1.54, 1.807) is 0 Å². The molecule has 0 unspecified atom stereocenters. The zero-order valence-electron chi connectivity index (χ0n) is 11.9. The Kier molecular flexibility index (Phi) is 2.89. The van der Waals surface area contributed by atoms with Crippen LogP contribution in [0.4, 0.5) is 5.13 Å². The van der Waals surface area contributed by atoms with Crippen LogP contribution < -0.4 is 5.73 Å². The topological polar surface area (TPSA) is 64.7 Å². The smallest absolute Gasteiger partial charge is 0.203 e. The zero-order chi connectivity index (χ0) is 14.4. The molecule has 3 aromatic rings. The van der Waals surface area contributed by atoms with Crippen molar-refractivity contribution >= 4 is 27.4 Å². The Morgan fingerprint density at radius 3 is 2.81 bits per heavy atom. The van der Waals surface area contributed by atoms with Crippen LogP contribution in [0, 0.1) is 6.92 Å². The summed E-state index contributed by atoms with van der Waals surface area (Å²) in [4.78, 5) is 4.93. The lowest BCUT2D eigenvalue weighted by molar-refractivity contribution is 0.672. The van der Waals surface area contributed by atoms with Crippen molar-refractivity contribution in [2.75, 3.05) is 5.73 Å². The quantitative estimate of drug-likeness (QED) is 0.746. The molecule has 0 saturated carbocycles. The number of aryl methyl sites for hydroxylation is 2. The number of anilines is 1. The number of nitrogens with zero attached hydrogens (tertiary/aromatic N) is 3. The van der Waals surface area contributed by atoms with Crippen molar-refractivity contribution in [1.82, 2.24) is 15.2 Å². The van der Waals surface area contributed by atoms with Gasteiger partial charge in [0.15, 0.2) is 5.01 Å². The van der Waals surface area contributed by atoms with Gasteiger partial charge in [-0.05, 0) is 43.7 Å². The summed E-state index contributed by atoms with van der Waals surface area (Å²) < 4.78 is 0. The molecular formula is C16H16N4S. The second kappa shape index (κ2) is 4.77. The van der Waals surface area contributed by atoms with E-state index in [1.165, 1.54) is 51.9 Å². The summed E-state index contributed by atoms with van der Waals surface area (Å²) in [7, 11) is 0. The molecule has 2 heterocycles. The van der Waals surface area contributed by atoms with Gasteiger partial charge in [0.05, 0.1) is 5.52 Å². The highest BCUT2D eigenvalue weighted by Gasteiger charge is 2.21. The summed E-state index contributed by atoms with van der Waals surface area (Å²) in [6.07, 6.45) is 4.56. The van der Waals surface area contributed by atoms with Crippen LogP contribution in [0.15, 0.2) is 18.2 Å². The minimum Gasteiger partial charge on any atom is -0.374 e. The lowest BCUT2D eigenvalue weighted by Gasteiger charge is -2.20. The van der Waals surface area contributed by atoms with E-state index in [1.807, 2.05) is 0 Å². The maximum absolute atomic E-state index is 5.80. The molecule has 0 amide bonds. The molecule has 0 radical (unpaired) electrons. The van der Waals surface area contributed by atoms with Gasteiger partial charge in [-0.2, -0.15) is 0 Å². The van der Waals surface area contributed by atoms with Crippen LogP contribution in [-0.4, -0.2) is 15.2 Å². The summed E-state index contributed by atoms with van der Waals surface area (Å²) in [5, 5.41) is 10.9. The average molecular weight is 296 g/mol. The number of hydrogen-bond donors (Lipinski definition) is 1. The van der Waals surface area contributed by atoms with E-state index in [-0.39, 0.29) is 0 Å². The van der Waals surface area contributed by atoms with E-state index in [2.05, 4.69) is 35.3 Å². The SMILES string of the molecule is Cc1cccc2c(-c3nnc(N)s3)c3c(nc12)CCCC3. The molecule has 2 N–H and O–H groups in total. The Balaban J connectivity index is 2.12. The number of fused-ring (bicyclic) bond motifs is 2. The molecule has 4 rings (SSSR count). The fourth-order valence-corrected chi connectivity index (χ4v) is 3.87. The van der Waals surface area contributed by atoms with Crippen molar-refractivity contribution in [1.29, 1.82) is 0 Å². The van der Waals surface area contributed by atoms with Crippen LogP contribution in [0.1, 0.15) is 29.7 Å². The molecule has 1 aliphatic carbocycles. The minimum absolute atomic E-state index is 0.521. The number of nitrogen functional groups attached to an aromatic ring is 1. The van der Waals surface area contributed by atoms with E-state index < -0.39 is 0 Å². The number of benzene rings is 1. The number of nitrogens with two attached hydrogens (primary N) is 1. The monoisotopic (exact) mass is 296 g/mol. The average Bonchev–Trinajstić information content (AvgIpc) is 2.92. The maximum Gasteiger partial charge on any atom is 0.203 e. The Morgan fingerprint density at radius 2 is 2.00 bits per heavy atom. The van der Waals surface area contributed by atoms with Crippen LogP contribution in [-0.2, 0) is 12.8 Å². The molecule has 0 atom stereocenters. The summed E-state index contributed by atoms with van der Waals surface area (Å²) in [5.74, 6) is 0. The lowest BCUT2D eigenvalue weighted by atomic mass is 9.89. The van der Waals surface area contributed by atoms with Gasteiger partial charge in [-0.3, -0.25) is 4.98 Å². The normalized spacial score (nSPS) is 14.3. The number of para-hydroxylation sites is 1. The van der Waals surface area contributed by atoms with E-state index in [4.69, 9.17) is 10.7 Å². The second-order valence-corrected chi connectivity index (χ2v) is 6.54. The third-order valence-electron chi connectivity index (χ3n) is 4.15. The second-order valence-electron chi connectivity index (χ2n) is 5.54. The third kappa shape index (κ3) is 2.00.